The quantitative estimate of drug-likeness (QED) is 0.473. The SMILES string of the molecule is COc1ccc(COc2ccc(CCn3ncc4ccccc43)cc2)cc1. The zero-order valence-electron chi connectivity index (χ0n) is 15.3. The Morgan fingerprint density at radius 1 is 0.815 bits per heavy atom. The molecule has 0 aliphatic heterocycles. The number of hydrogen-bond donors (Lipinski definition) is 0. The highest BCUT2D eigenvalue weighted by Gasteiger charge is 2.03. The van der Waals surface area contributed by atoms with Gasteiger partial charge in [-0.05, 0) is 47.9 Å². The average molecular weight is 358 g/mol. The topological polar surface area (TPSA) is 36.3 Å². The summed E-state index contributed by atoms with van der Waals surface area (Å²) in [5, 5.41) is 5.67. The molecule has 4 heteroatoms. The van der Waals surface area contributed by atoms with Gasteiger partial charge in [-0.1, -0.05) is 42.5 Å². The number of hydrogen-bond acceptors (Lipinski definition) is 3. The molecule has 0 saturated heterocycles. The molecule has 1 aromatic heterocycles. The highest BCUT2D eigenvalue weighted by molar-refractivity contribution is 5.78. The largest absolute Gasteiger partial charge is 0.497 e. The molecule has 0 unspecified atom stereocenters. The lowest BCUT2D eigenvalue weighted by molar-refractivity contribution is 0.306. The van der Waals surface area contributed by atoms with E-state index in [4.69, 9.17) is 9.47 Å². The molecule has 0 fully saturated rings. The molecule has 0 aliphatic carbocycles. The van der Waals surface area contributed by atoms with E-state index in [1.165, 1.54) is 16.5 Å². The van der Waals surface area contributed by atoms with Gasteiger partial charge >= 0.3 is 0 Å². The summed E-state index contributed by atoms with van der Waals surface area (Å²) < 4.78 is 13.1. The molecule has 4 rings (SSSR count). The summed E-state index contributed by atoms with van der Waals surface area (Å²) in [5.41, 5.74) is 3.56. The fourth-order valence-corrected chi connectivity index (χ4v) is 3.08. The number of methoxy groups -OCH3 is 1. The van der Waals surface area contributed by atoms with Crippen LogP contribution in [0.2, 0.25) is 0 Å². The van der Waals surface area contributed by atoms with Gasteiger partial charge < -0.3 is 9.47 Å². The van der Waals surface area contributed by atoms with Crippen molar-refractivity contribution in [2.24, 2.45) is 0 Å². The highest BCUT2D eigenvalue weighted by atomic mass is 16.5. The van der Waals surface area contributed by atoms with E-state index < -0.39 is 0 Å². The van der Waals surface area contributed by atoms with Crippen molar-refractivity contribution in [2.45, 2.75) is 19.6 Å². The molecule has 0 aliphatic rings. The second-order valence-corrected chi connectivity index (χ2v) is 6.46. The Hall–Kier alpha value is -3.27. The number of aromatic nitrogens is 2. The number of aryl methyl sites for hydroxylation is 2. The Morgan fingerprint density at radius 3 is 2.30 bits per heavy atom. The first-order valence-electron chi connectivity index (χ1n) is 9.07. The molecule has 1 heterocycles. The van der Waals surface area contributed by atoms with Gasteiger partial charge in [0.2, 0.25) is 0 Å². The van der Waals surface area contributed by atoms with Crippen LogP contribution in [0.4, 0.5) is 0 Å². The van der Waals surface area contributed by atoms with E-state index in [2.05, 4.69) is 40.1 Å². The molecule has 136 valence electrons. The van der Waals surface area contributed by atoms with E-state index >= 15 is 0 Å². The van der Waals surface area contributed by atoms with E-state index in [1.807, 2.05) is 48.7 Å². The third-order valence-corrected chi connectivity index (χ3v) is 4.65. The van der Waals surface area contributed by atoms with Crippen LogP contribution in [0.5, 0.6) is 11.5 Å². The predicted octanol–water partition coefficient (Wildman–Crippen LogP) is 4.87. The lowest BCUT2D eigenvalue weighted by atomic mass is 10.1. The molecule has 0 atom stereocenters. The van der Waals surface area contributed by atoms with Gasteiger partial charge in [-0.25, -0.2) is 0 Å². The van der Waals surface area contributed by atoms with Gasteiger partial charge in [0.05, 0.1) is 18.8 Å². The molecule has 3 aromatic carbocycles. The maximum absolute atomic E-state index is 5.87. The van der Waals surface area contributed by atoms with Crippen LogP contribution < -0.4 is 9.47 Å². The fraction of sp³-hybridized carbons (Fsp3) is 0.174. The van der Waals surface area contributed by atoms with Gasteiger partial charge in [-0.15, -0.1) is 0 Å². The van der Waals surface area contributed by atoms with E-state index in [9.17, 15) is 0 Å². The molecule has 0 spiro atoms. The molecule has 0 saturated carbocycles. The van der Waals surface area contributed by atoms with Crippen LogP contribution in [0.25, 0.3) is 10.9 Å². The van der Waals surface area contributed by atoms with Crippen LogP contribution in [0.15, 0.2) is 79.0 Å². The third kappa shape index (κ3) is 4.11. The van der Waals surface area contributed by atoms with Crippen LogP contribution in [0.3, 0.4) is 0 Å². The van der Waals surface area contributed by atoms with Gasteiger partial charge in [0.15, 0.2) is 0 Å². The smallest absolute Gasteiger partial charge is 0.119 e. The molecular formula is C23H22N2O2. The van der Waals surface area contributed by atoms with Gasteiger partial charge in [0.25, 0.3) is 0 Å². The Kier molecular flexibility index (Phi) is 5.06. The minimum Gasteiger partial charge on any atom is -0.497 e. The zero-order valence-corrected chi connectivity index (χ0v) is 15.3. The number of rotatable bonds is 7. The van der Waals surface area contributed by atoms with Crippen LogP contribution in [-0.2, 0) is 19.6 Å². The first-order valence-corrected chi connectivity index (χ1v) is 9.07. The van der Waals surface area contributed by atoms with Crippen molar-refractivity contribution in [3.63, 3.8) is 0 Å². The molecule has 0 N–H and O–H groups in total. The molecule has 0 radical (unpaired) electrons. The maximum atomic E-state index is 5.87. The number of fused-ring (bicyclic) bond motifs is 1. The summed E-state index contributed by atoms with van der Waals surface area (Å²) in [7, 11) is 1.67. The van der Waals surface area contributed by atoms with E-state index in [0.29, 0.717) is 6.61 Å². The Labute approximate surface area is 159 Å². The van der Waals surface area contributed by atoms with Crippen molar-refractivity contribution in [1.82, 2.24) is 9.78 Å². The molecular weight excluding hydrogens is 336 g/mol. The monoisotopic (exact) mass is 358 g/mol. The van der Waals surface area contributed by atoms with Crippen molar-refractivity contribution in [3.8, 4) is 11.5 Å². The predicted molar refractivity (Wildman–Crippen MR) is 107 cm³/mol. The standard InChI is InChI=1S/C23H22N2O2/c1-26-21-10-8-19(9-11-21)17-27-22-12-6-18(7-13-22)14-15-25-23-5-3-2-4-20(23)16-24-25/h2-13,16H,14-15,17H2,1H3. The van der Waals surface area contributed by atoms with Crippen LogP contribution in [0.1, 0.15) is 11.1 Å². The van der Waals surface area contributed by atoms with Gasteiger partial charge in [0, 0.05) is 11.9 Å². The molecule has 4 nitrogen and oxygen atoms in total. The number of benzene rings is 3. The summed E-state index contributed by atoms with van der Waals surface area (Å²) >= 11 is 0. The van der Waals surface area contributed by atoms with E-state index in [1.54, 1.807) is 7.11 Å². The molecule has 27 heavy (non-hydrogen) atoms. The lowest BCUT2D eigenvalue weighted by Crippen LogP contribution is -2.03. The molecule has 4 aromatic rings. The third-order valence-electron chi connectivity index (χ3n) is 4.65. The van der Waals surface area contributed by atoms with Crippen LogP contribution >= 0.6 is 0 Å². The normalized spacial score (nSPS) is 10.9. The minimum atomic E-state index is 0.544. The second-order valence-electron chi connectivity index (χ2n) is 6.46. The van der Waals surface area contributed by atoms with Crippen molar-refractivity contribution < 1.29 is 9.47 Å². The minimum absolute atomic E-state index is 0.544. The Morgan fingerprint density at radius 2 is 1.52 bits per heavy atom. The van der Waals surface area contributed by atoms with Gasteiger partial charge in [-0.3, -0.25) is 4.68 Å². The fourth-order valence-electron chi connectivity index (χ4n) is 3.08. The zero-order chi connectivity index (χ0) is 18.5. The average Bonchev–Trinajstić information content (AvgIpc) is 3.15. The number of ether oxygens (including phenoxy) is 2. The first-order chi connectivity index (χ1) is 13.3. The second kappa shape index (κ2) is 7.96. The van der Waals surface area contributed by atoms with Crippen molar-refractivity contribution >= 4 is 10.9 Å². The van der Waals surface area contributed by atoms with Crippen molar-refractivity contribution in [2.75, 3.05) is 7.11 Å². The molecule has 0 bridgehead atoms. The van der Waals surface area contributed by atoms with Gasteiger partial charge in [-0.2, -0.15) is 5.10 Å². The van der Waals surface area contributed by atoms with E-state index in [-0.39, 0.29) is 0 Å². The molecule has 0 amide bonds. The summed E-state index contributed by atoms with van der Waals surface area (Å²) in [6.07, 6.45) is 2.86. The van der Waals surface area contributed by atoms with E-state index in [0.717, 1.165) is 30.0 Å². The van der Waals surface area contributed by atoms with Crippen LogP contribution in [-0.4, -0.2) is 16.9 Å². The summed E-state index contributed by atoms with van der Waals surface area (Å²) in [6.45, 7) is 1.40. The Bertz CT molecular complexity index is 1000. The number of nitrogens with zero attached hydrogens (tertiary/aromatic N) is 2. The first kappa shape index (κ1) is 17.2. The summed E-state index contributed by atoms with van der Waals surface area (Å²) in [5.74, 6) is 1.73. The summed E-state index contributed by atoms with van der Waals surface area (Å²) in [6, 6.07) is 24.5. The van der Waals surface area contributed by atoms with Crippen molar-refractivity contribution in [3.05, 3.63) is 90.1 Å². The Balaban J connectivity index is 1.33. The van der Waals surface area contributed by atoms with Crippen molar-refractivity contribution in [1.29, 1.82) is 0 Å². The number of para-hydroxylation sites is 1. The van der Waals surface area contributed by atoms with Crippen LogP contribution in [0, 0.1) is 0 Å². The summed E-state index contributed by atoms with van der Waals surface area (Å²) in [4.78, 5) is 0. The lowest BCUT2D eigenvalue weighted by Gasteiger charge is -2.08. The highest BCUT2D eigenvalue weighted by Crippen LogP contribution is 2.18. The maximum Gasteiger partial charge on any atom is 0.119 e. The van der Waals surface area contributed by atoms with Gasteiger partial charge in [0.1, 0.15) is 18.1 Å².